The van der Waals surface area contributed by atoms with E-state index >= 15 is 0 Å². The van der Waals surface area contributed by atoms with Gasteiger partial charge in [0, 0.05) is 19.3 Å². The van der Waals surface area contributed by atoms with E-state index in [1.54, 1.807) is 24.7 Å². The van der Waals surface area contributed by atoms with Gasteiger partial charge >= 0.3 is 0 Å². The first-order valence-electron chi connectivity index (χ1n) is 6.85. The number of hydrogen-bond donors (Lipinski definition) is 0. The molecule has 3 heterocycles. The molecular weight excluding hydrogens is 254 g/mol. The Bertz CT molecular complexity index is 595. The molecule has 0 radical (unpaired) electrons. The number of hydrogen-bond acceptors (Lipinski definition) is 4. The smallest absolute Gasteiger partial charge is 0.257 e. The minimum atomic E-state index is 0.0233. The second-order valence-electron chi connectivity index (χ2n) is 5.21. The Morgan fingerprint density at radius 2 is 2.35 bits per heavy atom. The minimum Gasteiger partial charge on any atom is -0.338 e. The topological polar surface area (TPSA) is 63.9 Å². The molecule has 3 rings (SSSR count). The number of carbonyl (C=O) groups excluding carboxylic acids is 1. The van der Waals surface area contributed by atoms with Crippen LogP contribution in [0.25, 0.3) is 5.82 Å². The Hall–Kier alpha value is -2.24. The molecule has 1 fully saturated rings. The van der Waals surface area contributed by atoms with Gasteiger partial charge in [0.15, 0.2) is 5.82 Å². The summed E-state index contributed by atoms with van der Waals surface area (Å²) in [6, 6.07) is 3.58. The van der Waals surface area contributed by atoms with Gasteiger partial charge in [0.1, 0.15) is 12.7 Å². The molecule has 0 N–H and O–H groups in total. The fraction of sp³-hybridized carbons (Fsp3) is 0.429. The van der Waals surface area contributed by atoms with Crippen molar-refractivity contribution < 1.29 is 4.79 Å². The number of carbonyl (C=O) groups is 1. The molecule has 1 atom stereocenters. The average Bonchev–Trinajstić information content (AvgIpc) is 3.00. The Labute approximate surface area is 117 Å². The molecule has 2 aromatic rings. The molecule has 0 aliphatic carbocycles. The van der Waals surface area contributed by atoms with Crippen molar-refractivity contribution in [2.24, 2.45) is 5.92 Å². The number of pyridine rings is 1. The van der Waals surface area contributed by atoms with Crippen molar-refractivity contribution in [2.75, 3.05) is 13.1 Å². The van der Waals surface area contributed by atoms with E-state index < -0.39 is 0 Å². The third kappa shape index (κ3) is 2.41. The fourth-order valence-corrected chi connectivity index (χ4v) is 2.61. The first-order chi connectivity index (χ1) is 9.75. The lowest BCUT2D eigenvalue weighted by molar-refractivity contribution is 0.0682. The van der Waals surface area contributed by atoms with Gasteiger partial charge in [-0.2, -0.15) is 5.10 Å². The molecule has 104 valence electrons. The van der Waals surface area contributed by atoms with Crippen LogP contribution in [0.4, 0.5) is 0 Å². The van der Waals surface area contributed by atoms with E-state index in [4.69, 9.17) is 0 Å². The van der Waals surface area contributed by atoms with Crippen molar-refractivity contribution in [1.82, 2.24) is 24.6 Å². The zero-order valence-corrected chi connectivity index (χ0v) is 11.4. The highest BCUT2D eigenvalue weighted by atomic mass is 16.2. The standard InChI is InChI=1S/C14H17N5O/c1-11-4-3-7-18(8-11)14(20)12-5-2-6-16-13(12)19-10-15-9-17-19/h2,5-6,9-11H,3-4,7-8H2,1H3/t11-/m1/s1. The summed E-state index contributed by atoms with van der Waals surface area (Å²) in [5, 5.41) is 4.06. The highest BCUT2D eigenvalue weighted by molar-refractivity contribution is 5.97. The number of piperidine rings is 1. The van der Waals surface area contributed by atoms with Gasteiger partial charge < -0.3 is 4.90 Å². The summed E-state index contributed by atoms with van der Waals surface area (Å²) in [5.74, 6) is 1.11. The van der Waals surface area contributed by atoms with Gasteiger partial charge in [-0.25, -0.2) is 14.6 Å². The quantitative estimate of drug-likeness (QED) is 0.831. The van der Waals surface area contributed by atoms with E-state index in [1.807, 2.05) is 4.90 Å². The molecule has 1 aliphatic heterocycles. The first-order valence-corrected chi connectivity index (χ1v) is 6.85. The van der Waals surface area contributed by atoms with E-state index in [1.165, 1.54) is 17.4 Å². The number of likely N-dealkylation sites (tertiary alicyclic amines) is 1. The van der Waals surface area contributed by atoms with Crippen LogP contribution in [0.3, 0.4) is 0 Å². The zero-order chi connectivity index (χ0) is 13.9. The third-order valence-electron chi connectivity index (χ3n) is 3.60. The van der Waals surface area contributed by atoms with Crippen molar-refractivity contribution in [1.29, 1.82) is 0 Å². The first kappa shape index (κ1) is 12.8. The Kier molecular flexibility index (Phi) is 3.45. The average molecular weight is 271 g/mol. The molecule has 2 aromatic heterocycles. The van der Waals surface area contributed by atoms with Crippen LogP contribution in [0.2, 0.25) is 0 Å². The molecule has 0 saturated carbocycles. The lowest BCUT2D eigenvalue weighted by Gasteiger charge is -2.31. The van der Waals surface area contributed by atoms with Gasteiger partial charge in [-0.3, -0.25) is 4.79 Å². The van der Waals surface area contributed by atoms with Gasteiger partial charge in [0.25, 0.3) is 5.91 Å². The van der Waals surface area contributed by atoms with Gasteiger partial charge in [-0.05, 0) is 30.9 Å². The van der Waals surface area contributed by atoms with Crippen LogP contribution < -0.4 is 0 Å². The Balaban J connectivity index is 1.92. The van der Waals surface area contributed by atoms with Crippen molar-refractivity contribution in [3.05, 3.63) is 36.5 Å². The highest BCUT2D eigenvalue weighted by Gasteiger charge is 2.24. The highest BCUT2D eigenvalue weighted by Crippen LogP contribution is 2.19. The second-order valence-corrected chi connectivity index (χ2v) is 5.21. The minimum absolute atomic E-state index is 0.0233. The number of nitrogens with zero attached hydrogens (tertiary/aromatic N) is 5. The van der Waals surface area contributed by atoms with Crippen LogP contribution in [-0.4, -0.2) is 43.6 Å². The molecule has 20 heavy (non-hydrogen) atoms. The maximum atomic E-state index is 12.7. The van der Waals surface area contributed by atoms with E-state index in [0.717, 1.165) is 19.5 Å². The molecular formula is C14H17N5O. The fourth-order valence-electron chi connectivity index (χ4n) is 2.61. The van der Waals surface area contributed by atoms with E-state index in [-0.39, 0.29) is 5.91 Å². The summed E-state index contributed by atoms with van der Waals surface area (Å²) in [6.07, 6.45) is 6.90. The molecule has 1 amide bonds. The number of aromatic nitrogens is 4. The lowest BCUT2D eigenvalue weighted by Crippen LogP contribution is -2.39. The van der Waals surface area contributed by atoms with Gasteiger partial charge in [-0.15, -0.1) is 0 Å². The van der Waals surface area contributed by atoms with Crippen LogP contribution in [0.15, 0.2) is 31.0 Å². The second kappa shape index (κ2) is 5.40. The predicted molar refractivity (Wildman–Crippen MR) is 73.5 cm³/mol. The summed E-state index contributed by atoms with van der Waals surface area (Å²) in [6.45, 7) is 3.81. The molecule has 1 saturated heterocycles. The lowest BCUT2D eigenvalue weighted by atomic mass is 9.99. The Morgan fingerprint density at radius 3 is 3.10 bits per heavy atom. The number of amides is 1. The predicted octanol–water partition coefficient (Wildman–Crippen LogP) is 1.53. The Morgan fingerprint density at radius 1 is 1.45 bits per heavy atom. The van der Waals surface area contributed by atoms with Crippen molar-refractivity contribution in [3.8, 4) is 5.82 Å². The molecule has 6 heteroatoms. The summed E-state index contributed by atoms with van der Waals surface area (Å²) in [7, 11) is 0. The van der Waals surface area contributed by atoms with Crippen molar-refractivity contribution in [3.63, 3.8) is 0 Å². The van der Waals surface area contributed by atoms with Gasteiger partial charge in [0.2, 0.25) is 0 Å². The van der Waals surface area contributed by atoms with Crippen LogP contribution in [0.1, 0.15) is 30.1 Å². The molecule has 0 spiro atoms. The molecule has 6 nitrogen and oxygen atoms in total. The summed E-state index contributed by atoms with van der Waals surface area (Å²) >= 11 is 0. The third-order valence-corrected chi connectivity index (χ3v) is 3.60. The molecule has 0 bridgehead atoms. The van der Waals surface area contributed by atoms with Crippen LogP contribution >= 0.6 is 0 Å². The van der Waals surface area contributed by atoms with Crippen molar-refractivity contribution >= 4 is 5.91 Å². The summed E-state index contributed by atoms with van der Waals surface area (Å²) < 4.78 is 1.53. The van der Waals surface area contributed by atoms with Gasteiger partial charge in [-0.1, -0.05) is 6.92 Å². The maximum absolute atomic E-state index is 12.7. The van der Waals surface area contributed by atoms with E-state index in [0.29, 0.717) is 17.3 Å². The maximum Gasteiger partial charge on any atom is 0.257 e. The molecule has 1 aliphatic rings. The summed E-state index contributed by atoms with van der Waals surface area (Å²) in [4.78, 5) is 22.8. The normalized spacial score (nSPS) is 19.1. The number of rotatable bonds is 2. The largest absolute Gasteiger partial charge is 0.338 e. The molecule has 0 aromatic carbocycles. The van der Waals surface area contributed by atoms with Crippen LogP contribution in [-0.2, 0) is 0 Å². The zero-order valence-electron chi connectivity index (χ0n) is 11.4. The monoisotopic (exact) mass is 271 g/mol. The van der Waals surface area contributed by atoms with E-state index in [2.05, 4.69) is 22.0 Å². The van der Waals surface area contributed by atoms with Gasteiger partial charge in [0.05, 0.1) is 5.56 Å². The summed E-state index contributed by atoms with van der Waals surface area (Å²) in [5.41, 5.74) is 0.576. The SMILES string of the molecule is C[C@@H]1CCCN(C(=O)c2cccnc2-n2cncn2)C1. The van der Waals surface area contributed by atoms with Crippen molar-refractivity contribution in [2.45, 2.75) is 19.8 Å². The molecule has 0 unspecified atom stereocenters. The van der Waals surface area contributed by atoms with E-state index in [9.17, 15) is 4.79 Å². The van der Waals surface area contributed by atoms with Crippen LogP contribution in [0.5, 0.6) is 0 Å². The van der Waals surface area contributed by atoms with Crippen LogP contribution in [0, 0.1) is 5.92 Å².